The summed E-state index contributed by atoms with van der Waals surface area (Å²) < 4.78 is 0. The van der Waals surface area contributed by atoms with Gasteiger partial charge in [0.15, 0.2) is 0 Å². The molecule has 0 amide bonds. The maximum absolute atomic E-state index is 5.77. The first-order valence-corrected chi connectivity index (χ1v) is 6.92. The van der Waals surface area contributed by atoms with Gasteiger partial charge in [0.2, 0.25) is 5.95 Å². The third-order valence-electron chi connectivity index (χ3n) is 3.53. The lowest BCUT2D eigenvalue weighted by Crippen LogP contribution is -2.12. The Morgan fingerprint density at radius 3 is 1.90 bits per heavy atom. The zero-order valence-corrected chi connectivity index (χ0v) is 13.2. The van der Waals surface area contributed by atoms with Gasteiger partial charge in [-0.1, -0.05) is 32.9 Å². The SMILES string of the molecule is Cc1cc(-c2c(C)cc(C(C)(C)C)cc2C)nc(N)n1. The molecule has 0 spiro atoms. The Bertz CT molecular complexity index is 609. The van der Waals surface area contributed by atoms with Crippen LogP contribution in [0, 0.1) is 20.8 Å². The molecule has 0 bridgehead atoms. The lowest BCUT2D eigenvalue weighted by molar-refractivity contribution is 0.589. The maximum Gasteiger partial charge on any atom is 0.220 e. The number of nitrogens with two attached hydrogens (primary N) is 1. The molecule has 3 nitrogen and oxygen atoms in total. The molecule has 0 aliphatic heterocycles. The van der Waals surface area contributed by atoms with E-state index in [9.17, 15) is 0 Å². The summed E-state index contributed by atoms with van der Waals surface area (Å²) in [5.41, 5.74) is 12.7. The largest absolute Gasteiger partial charge is 0.368 e. The summed E-state index contributed by atoms with van der Waals surface area (Å²) in [5.74, 6) is 0.332. The lowest BCUT2D eigenvalue weighted by atomic mass is 9.83. The zero-order chi connectivity index (χ0) is 15.1. The van der Waals surface area contributed by atoms with Crippen molar-refractivity contribution in [1.29, 1.82) is 0 Å². The Morgan fingerprint density at radius 2 is 1.45 bits per heavy atom. The Hall–Kier alpha value is -1.90. The van der Waals surface area contributed by atoms with E-state index >= 15 is 0 Å². The summed E-state index contributed by atoms with van der Waals surface area (Å²) in [7, 11) is 0. The number of hydrogen-bond acceptors (Lipinski definition) is 3. The van der Waals surface area contributed by atoms with Crippen LogP contribution in [0.25, 0.3) is 11.3 Å². The van der Waals surface area contributed by atoms with Crippen LogP contribution in [0.1, 0.15) is 43.2 Å². The standard InChI is InChI=1S/C17H23N3/c1-10-7-13(17(4,5)6)8-11(2)15(10)14-9-12(3)19-16(18)20-14/h7-9H,1-6H3,(H2,18,19,20). The highest BCUT2D eigenvalue weighted by Crippen LogP contribution is 2.32. The average molecular weight is 269 g/mol. The third kappa shape index (κ3) is 2.82. The molecule has 3 heteroatoms. The highest BCUT2D eigenvalue weighted by atomic mass is 15.0. The van der Waals surface area contributed by atoms with Gasteiger partial charge in [0.25, 0.3) is 0 Å². The Kier molecular flexibility index (Phi) is 3.55. The first-order valence-electron chi connectivity index (χ1n) is 6.92. The van der Waals surface area contributed by atoms with Crippen molar-refractivity contribution in [2.24, 2.45) is 0 Å². The summed E-state index contributed by atoms with van der Waals surface area (Å²) in [4.78, 5) is 8.53. The minimum Gasteiger partial charge on any atom is -0.368 e. The fraction of sp³-hybridized carbons (Fsp3) is 0.412. The van der Waals surface area contributed by atoms with Crippen LogP contribution in [0.4, 0.5) is 5.95 Å². The molecule has 2 aromatic rings. The fourth-order valence-corrected chi connectivity index (χ4v) is 2.52. The molecule has 0 atom stereocenters. The fourth-order valence-electron chi connectivity index (χ4n) is 2.52. The molecule has 0 aliphatic carbocycles. The molecular formula is C17H23N3. The minimum absolute atomic E-state index is 0.147. The van der Waals surface area contributed by atoms with E-state index in [4.69, 9.17) is 5.73 Å². The molecule has 0 radical (unpaired) electrons. The van der Waals surface area contributed by atoms with Gasteiger partial charge in [0, 0.05) is 11.3 Å². The van der Waals surface area contributed by atoms with Crippen LogP contribution in [0.15, 0.2) is 18.2 Å². The van der Waals surface area contributed by atoms with Crippen molar-refractivity contribution >= 4 is 5.95 Å². The van der Waals surface area contributed by atoms with Gasteiger partial charge in [-0.2, -0.15) is 0 Å². The van der Waals surface area contributed by atoms with Gasteiger partial charge in [-0.15, -0.1) is 0 Å². The molecule has 0 unspecified atom stereocenters. The third-order valence-corrected chi connectivity index (χ3v) is 3.53. The second-order valence-electron chi connectivity index (χ2n) is 6.49. The topological polar surface area (TPSA) is 51.8 Å². The number of nitrogens with zero attached hydrogens (tertiary/aromatic N) is 2. The molecule has 2 rings (SSSR count). The van der Waals surface area contributed by atoms with Gasteiger partial charge in [0.1, 0.15) is 0 Å². The monoisotopic (exact) mass is 269 g/mol. The lowest BCUT2D eigenvalue weighted by Gasteiger charge is -2.22. The van der Waals surface area contributed by atoms with E-state index in [0.717, 1.165) is 17.0 Å². The Balaban J connectivity index is 2.64. The van der Waals surface area contributed by atoms with E-state index in [-0.39, 0.29) is 5.41 Å². The molecule has 106 valence electrons. The number of aryl methyl sites for hydroxylation is 3. The molecule has 0 saturated carbocycles. The van der Waals surface area contributed by atoms with E-state index in [2.05, 4.69) is 56.7 Å². The van der Waals surface area contributed by atoms with Gasteiger partial charge in [0.05, 0.1) is 5.69 Å². The normalized spacial score (nSPS) is 11.7. The van der Waals surface area contributed by atoms with Crippen molar-refractivity contribution in [2.75, 3.05) is 5.73 Å². The van der Waals surface area contributed by atoms with Crippen LogP contribution in [0.3, 0.4) is 0 Å². The van der Waals surface area contributed by atoms with Gasteiger partial charge in [-0.3, -0.25) is 0 Å². The number of aromatic nitrogens is 2. The molecule has 1 aromatic heterocycles. The predicted octanol–water partition coefficient (Wildman–Crippen LogP) is 3.95. The van der Waals surface area contributed by atoms with E-state index in [1.165, 1.54) is 16.7 Å². The predicted molar refractivity (Wildman–Crippen MR) is 84.8 cm³/mol. The molecule has 1 heterocycles. The molecule has 2 N–H and O–H groups in total. The maximum atomic E-state index is 5.77. The van der Waals surface area contributed by atoms with Crippen LogP contribution >= 0.6 is 0 Å². The van der Waals surface area contributed by atoms with Crippen molar-refractivity contribution in [3.05, 3.63) is 40.6 Å². The first-order chi connectivity index (χ1) is 9.18. The smallest absolute Gasteiger partial charge is 0.220 e. The van der Waals surface area contributed by atoms with Gasteiger partial charge in [-0.05, 0) is 48.9 Å². The van der Waals surface area contributed by atoms with Gasteiger partial charge >= 0.3 is 0 Å². The summed E-state index contributed by atoms with van der Waals surface area (Å²) in [6.45, 7) is 12.9. The molecule has 0 aliphatic rings. The minimum atomic E-state index is 0.147. The Morgan fingerprint density at radius 1 is 0.900 bits per heavy atom. The van der Waals surface area contributed by atoms with Crippen LogP contribution in [0.2, 0.25) is 0 Å². The summed E-state index contributed by atoms with van der Waals surface area (Å²) in [6, 6.07) is 6.48. The zero-order valence-electron chi connectivity index (χ0n) is 13.2. The number of rotatable bonds is 1. The van der Waals surface area contributed by atoms with E-state index in [1.807, 2.05) is 13.0 Å². The van der Waals surface area contributed by atoms with Crippen molar-refractivity contribution < 1.29 is 0 Å². The molecule has 0 fully saturated rings. The Labute approximate surface area is 121 Å². The van der Waals surface area contributed by atoms with Crippen LogP contribution < -0.4 is 5.73 Å². The molecule has 20 heavy (non-hydrogen) atoms. The van der Waals surface area contributed by atoms with Crippen molar-refractivity contribution in [3.63, 3.8) is 0 Å². The molecular weight excluding hydrogens is 246 g/mol. The average Bonchev–Trinajstić information content (AvgIpc) is 2.25. The van der Waals surface area contributed by atoms with E-state index in [0.29, 0.717) is 5.95 Å². The van der Waals surface area contributed by atoms with Gasteiger partial charge < -0.3 is 5.73 Å². The number of anilines is 1. The summed E-state index contributed by atoms with van der Waals surface area (Å²) >= 11 is 0. The summed E-state index contributed by atoms with van der Waals surface area (Å²) in [5, 5.41) is 0. The summed E-state index contributed by atoms with van der Waals surface area (Å²) in [6.07, 6.45) is 0. The van der Waals surface area contributed by atoms with Crippen LogP contribution in [0.5, 0.6) is 0 Å². The second-order valence-corrected chi connectivity index (χ2v) is 6.49. The van der Waals surface area contributed by atoms with Crippen molar-refractivity contribution in [3.8, 4) is 11.3 Å². The van der Waals surface area contributed by atoms with Gasteiger partial charge in [-0.25, -0.2) is 9.97 Å². The van der Waals surface area contributed by atoms with Crippen molar-refractivity contribution in [1.82, 2.24) is 9.97 Å². The molecule has 1 aromatic carbocycles. The number of hydrogen-bond donors (Lipinski definition) is 1. The van der Waals surface area contributed by atoms with Crippen LogP contribution in [-0.2, 0) is 5.41 Å². The number of benzene rings is 1. The number of nitrogen functional groups attached to an aromatic ring is 1. The highest BCUT2D eigenvalue weighted by molar-refractivity contribution is 5.69. The van der Waals surface area contributed by atoms with Crippen molar-refractivity contribution in [2.45, 2.75) is 47.0 Å². The first kappa shape index (κ1) is 14.5. The second kappa shape index (κ2) is 4.89. The molecule has 0 saturated heterocycles. The van der Waals surface area contributed by atoms with E-state index < -0.39 is 0 Å². The van der Waals surface area contributed by atoms with E-state index in [1.54, 1.807) is 0 Å². The highest BCUT2D eigenvalue weighted by Gasteiger charge is 2.17. The van der Waals surface area contributed by atoms with Crippen LogP contribution in [-0.4, -0.2) is 9.97 Å². The quantitative estimate of drug-likeness (QED) is 0.852.